The normalized spacial score (nSPS) is 17.4. The number of rotatable bonds is 2. The zero-order valence-corrected chi connectivity index (χ0v) is 13.6. The van der Waals surface area contributed by atoms with Crippen molar-refractivity contribution in [3.8, 4) is 0 Å². The van der Waals surface area contributed by atoms with Gasteiger partial charge in [-0.05, 0) is 39.5 Å². The van der Waals surface area contributed by atoms with E-state index in [-0.39, 0.29) is 12.0 Å². The van der Waals surface area contributed by atoms with Crippen LogP contribution in [0.15, 0.2) is 12.5 Å². The predicted molar refractivity (Wildman–Crippen MR) is 77.8 cm³/mol. The Labute approximate surface area is 133 Å². The van der Waals surface area contributed by atoms with E-state index in [4.69, 9.17) is 4.74 Å². The van der Waals surface area contributed by atoms with Crippen LogP contribution < -0.4 is 0 Å². The van der Waals surface area contributed by atoms with Crippen LogP contribution in [0.5, 0.6) is 0 Å². The summed E-state index contributed by atoms with van der Waals surface area (Å²) in [6.07, 6.45) is -1.04. The lowest BCUT2D eigenvalue weighted by Gasteiger charge is -2.33. The number of imidazole rings is 1. The van der Waals surface area contributed by atoms with Gasteiger partial charge in [0.25, 0.3) is 0 Å². The van der Waals surface area contributed by atoms with Crippen molar-refractivity contribution in [2.24, 2.45) is 5.92 Å². The van der Waals surface area contributed by atoms with E-state index in [1.54, 1.807) is 4.90 Å². The first-order valence-corrected chi connectivity index (χ1v) is 7.61. The molecule has 23 heavy (non-hydrogen) atoms. The maximum absolute atomic E-state index is 12.5. The first-order chi connectivity index (χ1) is 10.5. The largest absolute Gasteiger partial charge is 0.444 e. The Morgan fingerprint density at radius 3 is 2.39 bits per heavy atom. The Hall–Kier alpha value is -1.73. The Morgan fingerprint density at radius 1 is 1.30 bits per heavy atom. The summed E-state index contributed by atoms with van der Waals surface area (Å²) in [6, 6.07) is 0. The van der Waals surface area contributed by atoms with Gasteiger partial charge in [-0.1, -0.05) is 0 Å². The molecule has 1 amide bonds. The van der Waals surface area contributed by atoms with Crippen molar-refractivity contribution in [3.05, 3.63) is 18.2 Å². The second-order valence-electron chi connectivity index (χ2n) is 6.86. The predicted octanol–water partition coefficient (Wildman–Crippen LogP) is 3.55. The maximum Gasteiger partial charge on any atom is 0.434 e. The lowest BCUT2D eigenvalue weighted by atomic mass is 9.97. The second kappa shape index (κ2) is 6.41. The van der Waals surface area contributed by atoms with Gasteiger partial charge in [-0.15, -0.1) is 0 Å². The molecule has 0 bridgehead atoms. The van der Waals surface area contributed by atoms with Gasteiger partial charge in [-0.2, -0.15) is 13.2 Å². The molecule has 0 N–H and O–H groups in total. The van der Waals surface area contributed by atoms with Crippen LogP contribution in [0.2, 0.25) is 0 Å². The fraction of sp³-hybridized carbons (Fsp3) is 0.733. The van der Waals surface area contributed by atoms with Crippen LogP contribution in [0.4, 0.5) is 18.0 Å². The van der Waals surface area contributed by atoms with E-state index in [1.807, 2.05) is 20.8 Å². The van der Waals surface area contributed by atoms with E-state index >= 15 is 0 Å². The third kappa shape index (κ3) is 5.14. The molecule has 0 radical (unpaired) electrons. The summed E-state index contributed by atoms with van der Waals surface area (Å²) in [4.78, 5) is 17.0. The SMILES string of the molecule is CC(C)(C)OC(=O)N1CCC(Cn2cnc(C(F)(F)F)c2)CC1. The second-order valence-corrected chi connectivity index (χ2v) is 6.86. The molecule has 5 nitrogen and oxygen atoms in total. The van der Waals surface area contributed by atoms with E-state index in [9.17, 15) is 18.0 Å². The van der Waals surface area contributed by atoms with Crippen LogP contribution in [0.3, 0.4) is 0 Å². The van der Waals surface area contributed by atoms with Crippen molar-refractivity contribution < 1.29 is 22.7 Å². The number of carbonyl (C=O) groups is 1. The van der Waals surface area contributed by atoms with Gasteiger partial charge in [0.1, 0.15) is 5.60 Å². The molecular formula is C15H22F3N3O2. The average Bonchev–Trinajstić information content (AvgIpc) is 2.86. The first kappa shape index (κ1) is 17.6. The van der Waals surface area contributed by atoms with Crippen molar-refractivity contribution in [2.45, 2.75) is 51.9 Å². The fourth-order valence-corrected chi connectivity index (χ4v) is 2.53. The number of hydrogen-bond acceptors (Lipinski definition) is 3. The number of nitrogens with zero attached hydrogens (tertiary/aromatic N) is 3. The zero-order valence-electron chi connectivity index (χ0n) is 13.6. The lowest BCUT2D eigenvalue weighted by molar-refractivity contribution is -0.141. The number of amides is 1. The van der Waals surface area contributed by atoms with Gasteiger partial charge in [-0.25, -0.2) is 9.78 Å². The number of ether oxygens (including phenoxy) is 1. The molecule has 0 aliphatic carbocycles. The van der Waals surface area contributed by atoms with Gasteiger partial charge >= 0.3 is 12.3 Å². The summed E-state index contributed by atoms with van der Waals surface area (Å²) in [5.74, 6) is 0.226. The Kier molecular flexibility index (Phi) is 4.91. The summed E-state index contributed by atoms with van der Waals surface area (Å²) in [5, 5.41) is 0. The fourth-order valence-electron chi connectivity index (χ4n) is 2.53. The molecule has 1 aliphatic rings. The smallest absolute Gasteiger partial charge is 0.434 e. The van der Waals surface area contributed by atoms with Crippen molar-refractivity contribution in [2.75, 3.05) is 13.1 Å². The third-order valence-electron chi connectivity index (χ3n) is 3.66. The monoisotopic (exact) mass is 333 g/mol. The van der Waals surface area contributed by atoms with E-state index in [0.29, 0.717) is 19.6 Å². The van der Waals surface area contributed by atoms with E-state index in [2.05, 4.69) is 4.98 Å². The molecule has 2 heterocycles. The number of halogens is 3. The van der Waals surface area contributed by atoms with Gasteiger partial charge in [0.2, 0.25) is 0 Å². The van der Waals surface area contributed by atoms with Gasteiger partial charge in [0.15, 0.2) is 5.69 Å². The summed E-state index contributed by atoms with van der Waals surface area (Å²) < 4.78 is 44.4. The highest BCUT2D eigenvalue weighted by atomic mass is 19.4. The Morgan fingerprint density at radius 2 is 1.91 bits per heavy atom. The first-order valence-electron chi connectivity index (χ1n) is 7.61. The highest BCUT2D eigenvalue weighted by Gasteiger charge is 2.34. The van der Waals surface area contributed by atoms with E-state index < -0.39 is 17.5 Å². The number of hydrogen-bond donors (Lipinski definition) is 0. The van der Waals surface area contributed by atoms with E-state index in [1.165, 1.54) is 10.9 Å². The molecule has 0 spiro atoms. The van der Waals surface area contributed by atoms with Gasteiger partial charge in [0.05, 0.1) is 6.33 Å². The summed E-state index contributed by atoms with van der Waals surface area (Å²) in [5.41, 5.74) is -1.40. The van der Waals surface area contributed by atoms with Crippen molar-refractivity contribution in [1.82, 2.24) is 14.5 Å². The van der Waals surface area contributed by atoms with Crippen LogP contribution in [0, 0.1) is 5.92 Å². The minimum Gasteiger partial charge on any atom is -0.444 e. The van der Waals surface area contributed by atoms with Crippen LogP contribution in [-0.4, -0.2) is 39.2 Å². The molecule has 1 aromatic rings. The summed E-state index contributed by atoms with van der Waals surface area (Å²) >= 11 is 0. The molecule has 1 aromatic heterocycles. The van der Waals surface area contributed by atoms with Crippen LogP contribution in [0.25, 0.3) is 0 Å². The molecule has 8 heteroatoms. The molecule has 0 aromatic carbocycles. The van der Waals surface area contributed by atoms with Crippen molar-refractivity contribution >= 4 is 6.09 Å². The van der Waals surface area contributed by atoms with Gasteiger partial charge in [-0.3, -0.25) is 0 Å². The molecule has 1 saturated heterocycles. The van der Waals surface area contributed by atoms with Crippen LogP contribution >= 0.6 is 0 Å². The Balaban J connectivity index is 1.83. The minimum atomic E-state index is -4.41. The molecule has 1 fully saturated rings. The molecule has 0 atom stereocenters. The maximum atomic E-state index is 12.5. The minimum absolute atomic E-state index is 0.226. The third-order valence-corrected chi connectivity index (χ3v) is 3.66. The lowest BCUT2D eigenvalue weighted by Crippen LogP contribution is -2.42. The average molecular weight is 333 g/mol. The van der Waals surface area contributed by atoms with Crippen molar-refractivity contribution in [3.63, 3.8) is 0 Å². The number of aromatic nitrogens is 2. The quantitative estimate of drug-likeness (QED) is 0.831. The molecular weight excluding hydrogens is 311 g/mol. The van der Waals surface area contributed by atoms with E-state index in [0.717, 1.165) is 19.0 Å². The summed E-state index contributed by atoms with van der Waals surface area (Å²) in [7, 11) is 0. The molecule has 0 saturated carbocycles. The van der Waals surface area contributed by atoms with Gasteiger partial charge < -0.3 is 14.2 Å². The standard InChI is InChI=1S/C15H22F3N3O2/c1-14(2,3)23-13(22)21-6-4-11(5-7-21)8-20-9-12(19-10-20)15(16,17)18/h9-11H,4-8H2,1-3H3. The molecule has 1 aliphatic heterocycles. The number of carbonyl (C=O) groups excluding carboxylic acids is 1. The highest BCUT2D eigenvalue weighted by Crippen LogP contribution is 2.28. The number of likely N-dealkylation sites (tertiary alicyclic amines) is 1. The topological polar surface area (TPSA) is 47.4 Å². The Bertz CT molecular complexity index is 541. The van der Waals surface area contributed by atoms with Crippen LogP contribution in [-0.2, 0) is 17.5 Å². The molecule has 130 valence electrons. The number of alkyl halides is 3. The molecule has 0 unspecified atom stereocenters. The zero-order chi connectivity index (χ0) is 17.3. The summed E-state index contributed by atoms with van der Waals surface area (Å²) in [6.45, 7) is 7.03. The highest BCUT2D eigenvalue weighted by molar-refractivity contribution is 5.68. The number of piperidine rings is 1. The van der Waals surface area contributed by atoms with Gasteiger partial charge in [0, 0.05) is 25.8 Å². The van der Waals surface area contributed by atoms with Crippen LogP contribution in [0.1, 0.15) is 39.3 Å². The molecule has 2 rings (SSSR count). The van der Waals surface area contributed by atoms with Crippen molar-refractivity contribution in [1.29, 1.82) is 0 Å².